The molecule has 0 bridgehead atoms. The van der Waals surface area contributed by atoms with Crippen molar-refractivity contribution in [1.82, 2.24) is 4.90 Å². The van der Waals surface area contributed by atoms with E-state index in [9.17, 15) is 0 Å². The summed E-state index contributed by atoms with van der Waals surface area (Å²) in [6, 6.07) is 0.483. The van der Waals surface area contributed by atoms with Gasteiger partial charge in [0.1, 0.15) is 0 Å². The van der Waals surface area contributed by atoms with E-state index in [0.29, 0.717) is 12.6 Å². The monoisotopic (exact) mass is 256 g/mol. The lowest BCUT2D eigenvalue weighted by Crippen LogP contribution is -2.65. The van der Waals surface area contributed by atoms with Gasteiger partial charge in [-0.3, -0.25) is 4.90 Å². The molecule has 1 aliphatic carbocycles. The number of hydrogen-bond donors (Lipinski definition) is 1. The van der Waals surface area contributed by atoms with E-state index in [1.54, 1.807) is 0 Å². The highest BCUT2D eigenvalue weighted by molar-refractivity contribution is 5.02. The van der Waals surface area contributed by atoms with Gasteiger partial charge in [0.2, 0.25) is 0 Å². The number of likely N-dealkylation sites (N-methyl/N-ethyl adjacent to an activating group) is 1. The summed E-state index contributed by atoms with van der Waals surface area (Å²) < 4.78 is 5.76. The van der Waals surface area contributed by atoms with Gasteiger partial charge in [-0.1, -0.05) is 33.6 Å². The Morgan fingerprint density at radius 3 is 2.44 bits per heavy atom. The van der Waals surface area contributed by atoms with E-state index >= 15 is 0 Å². The minimum Gasteiger partial charge on any atom is -0.379 e. The van der Waals surface area contributed by atoms with Crippen molar-refractivity contribution >= 4 is 0 Å². The van der Waals surface area contributed by atoms with Gasteiger partial charge in [0.05, 0.1) is 11.6 Å². The van der Waals surface area contributed by atoms with Gasteiger partial charge in [-0.25, -0.2) is 0 Å². The van der Waals surface area contributed by atoms with Gasteiger partial charge in [0.15, 0.2) is 0 Å². The molecule has 0 aromatic heterocycles. The minimum atomic E-state index is 0.0136. The molecule has 108 valence electrons. The Hall–Kier alpha value is -0.120. The highest BCUT2D eigenvalue weighted by Gasteiger charge is 2.46. The zero-order chi connectivity index (χ0) is 14.0. The van der Waals surface area contributed by atoms with Crippen LogP contribution in [0.25, 0.3) is 0 Å². The molecule has 0 amide bonds. The molecule has 0 aromatic carbocycles. The molecule has 18 heavy (non-hydrogen) atoms. The fraction of sp³-hybridized carbons (Fsp3) is 1.00. The van der Waals surface area contributed by atoms with Crippen LogP contribution in [0.2, 0.25) is 0 Å². The van der Waals surface area contributed by atoms with Crippen molar-refractivity contribution < 1.29 is 4.74 Å². The smallest absolute Gasteiger partial charge is 0.0767 e. The van der Waals surface area contributed by atoms with Crippen molar-refractivity contribution in [2.45, 2.75) is 71.1 Å². The van der Waals surface area contributed by atoms with Crippen LogP contribution in [0, 0.1) is 5.41 Å². The van der Waals surface area contributed by atoms with Gasteiger partial charge in [0.25, 0.3) is 0 Å². The maximum Gasteiger partial charge on any atom is 0.0767 e. The van der Waals surface area contributed by atoms with E-state index in [2.05, 4.69) is 39.6 Å². The van der Waals surface area contributed by atoms with Crippen molar-refractivity contribution in [3.63, 3.8) is 0 Å². The maximum atomic E-state index is 6.16. The zero-order valence-electron chi connectivity index (χ0n) is 13.1. The molecule has 3 unspecified atom stereocenters. The Bertz CT molecular complexity index is 262. The van der Waals surface area contributed by atoms with Gasteiger partial charge in [-0.2, -0.15) is 0 Å². The topological polar surface area (TPSA) is 38.5 Å². The van der Waals surface area contributed by atoms with Crippen LogP contribution in [0.5, 0.6) is 0 Å². The van der Waals surface area contributed by atoms with Gasteiger partial charge < -0.3 is 10.5 Å². The summed E-state index contributed by atoms with van der Waals surface area (Å²) in [5, 5.41) is 0. The number of hydrogen-bond acceptors (Lipinski definition) is 3. The fourth-order valence-corrected chi connectivity index (χ4v) is 3.28. The van der Waals surface area contributed by atoms with Crippen LogP contribution in [0.3, 0.4) is 0 Å². The number of methoxy groups -OCH3 is 1. The third kappa shape index (κ3) is 2.89. The third-order valence-electron chi connectivity index (χ3n) is 5.10. The predicted molar refractivity (Wildman–Crippen MR) is 77.7 cm³/mol. The lowest BCUT2D eigenvalue weighted by molar-refractivity contribution is -0.0925. The molecule has 3 heteroatoms. The predicted octanol–water partition coefficient (Wildman–Crippen LogP) is 2.64. The first-order chi connectivity index (χ1) is 8.29. The van der Waals surface area contributed by atoms with Crippen LogP contribution in [0.4, 0.5) is 0 Å². The lowest BCUT2D eigenvalue weighted by Gasteiger charge is -2.53. The second-order valence-corrected chi connectivity index (χ2v) is 6.93. The summed E-state index contributed by atoms with van der Waals surface area (Å²) in [7, 11) is 4.05. The molecular formula is C15H32N2O. The van der Waals surface area contributed by atoms with Crippen LogP contribution in [0.1, 0.15) is 53.4 Å². The minimum absolute atomic E-state index is 0.0136. The lowest BCUT2D eigenvalue weighted by atomic mass is 9.75. The molecular weight excluding hydrogens is 224 g/mol. The maximum absolute atomic E-state index is 6.16. The Labute approximate surface area is 113 Å². The van der Waals surface area contributed by atoms with E-state index in [-0.39, 0.29) is 17.1 Å². The molecule has 0 heterocycles. The van der Waals surface area contributed by atoms with Crippen molar-refractivity contribution in [3.8, 4) is 0 Å². The average molecular weight is 256 g/mol. The van der Waals surface area contributed by atoms with Gasteiger partial charge in [-0.05, 0) is 32.2 Å². The first-order valence-electron chi connectivity index (χ1n) is 7.25. The van der Waals surface area contributed by atoms with Crippen LogP contribution in [-0.2, 0) is 4.74 Å². The van der Waals surface area contributed by atoms with Crippen LogP contribution in [0.15, 0.2) is 0 Å². The summed E-state index contributed by atoms with van der Waals surface area (Å²) >= 11 is 0. The Morgan fingerprint density at radius 1 is 1.39 bits per heavy atom. The van der Waals surface area contributed by atoms with Crippen molar-refractivity contribution in [2.24, 2.45) is 11.1 Å². The molecule has 1 aliphatic rings. The number of nitrogens with zero attached hydrogens (tertiary/aromatic N) is 1. The molecule has 0 spiro atoms. The van der Waals surface area contributed by atoms with Crippen molar-refractivity contribution in [1.29, 1.82) is 0 Å². The van der Waals surface area contributed by atoms with Crippen molar-refractivity contribution in [2.75, 3.05) is 20.7 Å². The average Bonchev–Trinajstić information content (AvgIpc) is 2.35. The van der Waals surface area contributed by atoms with Gasteiger partial charge in [0, 0.05) is 19.7 Å². The summed E-state index contributed by atoms with van der Waals surface area (Å²) in [6.07, 6.45) is 5.08. The molecule has 0 radical (unpaired) electrons. The Balaban J connectivity index is 2.98. The largest absolute Gasteiger partial charge is 0.379 e. The number of rotatable bonds is 4. The van der Waals surface area contributed by atoms with Crippen LogP contribution < -0.4 is 5.73 Å². The standard InChI is InChI=1S/C15H32N2O/c1-12(14(2,3)4)17(5)15(11-16)10-8-7-9-13(15)18-6/h12-13H,7-11,16H2,1-6H3. The van der Waals surface area contributed by atoms with E-state index in [0.717, 1.165) is 12.8 Å². The highest BCUT2D eigenvalue weighted by Crippen LogP contribution is 2.38. The van der Waals surface area contributed by atoms with Crippen LogP contribution >= 0.6 is 0 Å². The number of nitrogens with two attached hydrogens (primary N) is 1. The molecule has 0 aliphatic heterocycles. The second-order valence-electron chi connectivity index (χ2n) is 6.93. The fourth-order valence-electron chi connectivity index (χ4n) is 3.28. The first kappa shape index (κ1) is 15.9. The van der Waals surface area contributed by atoms with E-state index in [1.807, 2.05) is 7.11 Å². The van der Waals surface area contributed by atoms with Gasteiger partial charge in [-0.15, -0.1) is 0 Å². The summed E-state index contributed by atoms with van der Waals surface area (Å²) in [4.78, 5) is 2.49. The number of ether oxygens (including phenoxy) is 1. The molecule has 1 saturated carbocycles. The molecule has 2 N–H and O–H groups in total. The summed E-state index contributed by atoms with van der Waals surface area (Å²) in [5.74, 6) is 0. The van der Waals surface area contributed by atoms with Crippen molar-refractivity contribution in [3.05, 3.63) is 0 Å². The third-order valence-corrected chi connectivity index (χ3v) is 5.10. The molecule has 0 saturated heterocycles. The summed E-state index contributed by atoms with van der Waals surface area (Å²) in [6.45, 7) is 9.87. The molecule has 1 fully saturated rings. The molecule has 1 rings (SSSR count). The highest BCUT2D eigenvalue weighted by atomic mass is 16.5. The summed E-state index contributed by atoms with van der Waals surface area (Å²) in [5.41, 5.74) is 6.43. The SMILES string of the molecule is COC1CCCCC1(CN)N(C)C(C)C(C)(C)C. The molecule has 3 nitrogen and oxygen atoms in total. The quantitative estimate of drug-likeness (QED) is 0.840. The zero-order valence-corrected chi connectivity index (χ0v) is 13.1. The molecule has 3 atom stereocenters. The van der Waals surface area contributed by atoms with Crippen LogP contribution in [-0.4, -0.2) is 43.3 Å². The van der Waals surface area contributed by atoms with Gasteiger partial charge >= 0.3 is 0 Å². The van der Waals surface area contributed by atoms with E-state index in [1.165, 1.54) is 12.8 Å². The molecule has 0 aromatic rings. The normalized spacial score (nSPS) is 31.7. The first-order valence-corrected chi connectivity index (χ1v) is 7.25. The van der Waals surface area contributed by atoms with E-state index in [4.69, 9.17) is 10.5 Å². The second kappa shape index (κ2) is 5.89. The Kier molecular flexibility index (Phi) is 5.22. The Morgan fingerprint density at radius 2 is 2.00 bits per heavy atom. The van der Waals surface area contributed by atoms with E-state index < -0.39 is 0 Å².